The molecule has 2 aliphatic rings. The number of nitrogens with zero attached hydrogens (tertiary/aromatic N) is 4. The summed E-state index contributed by atoms with van der Waals surface area (Å²) in [5.41, 5.74) is 1.74. The van der Waals surface area contributed by atoms with Crippen molar-refractivity contribution >= 4 is 5.91 Å². The van der Waals surface area contributed by atoms with E-state index in [9.17, 15) is 4.79 Å². The SMILES string of the molecule is COc1ccc(CN2CCC3(CC2)OC(C(=O)NCc2ccncc2)Cn2ccnc23)cc1. The Kier molecular flexibility index (Phi) is 6.11. The Morgan fingerprint density at radius 2 is 1.88 bits per heavy atom. The van der Waals surface area contributed by atoms with Crippen molar-refractivity contribution in [3.05, 3.63) is 78.1 Å². The summed E-state index contributed by atoms with van der Waals surface area (Å²) < 4.78 is 13.9. The molecule has 1 amide bonds. The standard InChI is InChI=1S/C25H29N5O3/c1-32-21-4-2-20(3-5-21)17-29-13-8-25(9-14-29)24-27-12-15-30(24)18-22(33-25)23(31)28-16-19-6-10-26-11-7-19/h2-7,10-12,15,22H,8-9,13-14,16-18H2,1H3,(H,28,31). The van der Waals surface area contributed by atoms with E-state index >= 15 is 0 Å². The molecule has 1 spiro atoms. The molecule has 1 aromatic carbocycles. The minimum Gasteiger partial charge on any atom is -0.497 e. The number of hydrogen-bond donors (Lipinski definition) is 1. The predicted octanol–water partition coefficient (Wildman–Crippen LogP) is 2.49. The molecule has 0 saturated carbocycles. The van der Waals surface area contributed by atoms with Gasteiger partial charge in [0.25, 0.3) is 5.91 Å². The van der Waals surface area contributed by atoms with Crippen molar-refractivity contribution in [2.24, 2.45) is 0 Å². The Morgan fingerprint density at radius 1 is 1.12 bits per heavy atom. The molecule has 2 aliphatic heterocycles. The number of carbonyl (C=O) groups is 1. The van der Waals surface area contributed by atoms with Crippen molar-refractivity contribution < 1.29 is 14.3 Å². The molecular formula is C25H29N5O3. The number of hydrogen-bond acceptors (Lipinski definition) is 6. The number of nitrogens with one attached hydrogen (secondary N) is 1. The summed E-state index contributed by atoms with van der Waals surface area (Å²) in [4.78, 5) is 24.0. The first-order chi connectivity index (χ1) is 16.1. The monoisotopic (exact) mass is 447 g/mol. The zero-order valence-electron chi connectivity index (χ0n) is 18.8. The maximum Gasteiger partial charge on any atom is 0.251 e. The lowest BCUT2D eigenvalue weighted by atomic mass is 9.88. The normalized spacial score (nSPS) is 19.7. The van der Waals surface area contributed by atoms with Crippen LogP contribution >= 0.6 is 0 Å². The molecule has 1 unspecified atom stereocenters. The first-order valence-corrected chi connectivity index (χ1v) is 11.4. The van der Waals surface area contributed by atoms with Gasteiger partial charge in [-0.3, -0.25) is 14.7 Å². The summed E-state index contributed by atoms with van der Waals surface area (Å²) in [5, 5.41) is 3.02. The molecule has 8 heteroatoms. The van der Waals surface area contributed by atoms with E-state index in [1.165, 1.54) is 5.56 Å². The van der Waals surface area contributed by atoms with Crippen LogP contribution in [0.1, 0.15) is 29.8 Å². The number of rotatable bonds is 6. The number of piperidine rings is 1. The van der Waals surface area contributed by atoms with E-state index in [1.54, 1.807) is 25.7 Å². The molecule has 0 radical (unpaired) electrons. The van der Waals surface area contributed by atoms with Crippen LogP contribution in [0.4, 0.5) is 0 Å². The van der Waals surface area contributed by atoms with E-state index in [1.807, 2.05) is 30.5 Å². The average Bonchev–Trinajstić information content (AvgIpc) is 3.35. The summed E-state index contributed by atoms with van der Waals surface area (Å²) in [7, 11) is 1.68. The van der Waals surface area contributed by atoms with Crippen molar-refractivity contribution in [1.29, 1.82) is 0 Å². The molecule has 2 aromatic heterocycles. The lowest BCUT2D eigenvalue weighted by Gasteiger charge is -2.45. The second kappa shape index (κ2) is 9.33. The number of benzene rings is 1. The molecule has 3 aromatic rings. The first-order valence-electron chi connectivity index (χ1n) is 11.4. The zero-order chi connectivity index (χ0) is 22.7. The largest absolute Gasteiger partial charge is 0.497 e. The van der Waals surface area contributed by atoms with Gasteiger partial charge >= 0.3 is 0 Å². The van der Waals surface area contributed by atoms with Crippen molar-refractivity contribution in [3.8, 4) is 5.75 Å². The maximum atomic E-state index is 13.0. The van der Waals surface area contributed by atoms with Gasteiger partial charge in [0.15, 0.2) is 6.10 Å². The average molecular weight is 448 g/mol. The van der Waals surface area contributed by atoms with E-state index in [4.69, 9.17) is 9.47 Å². The van der Waals surface area contributed by atoms with Gasteiger partial charge in [-0.25, -0.2) is 4.98 Å². The summed E-state index contributed by atoms with van der Waals surface area (Å²) in [6.45, 7) is 3.58. The molecule has 5 rings (SSSR count). The third kappa shape index (κ3) is 4.62. The van der Waals surface area contributed by atoms with Gasteiger partial charge in [-0.05, 0) is 48.2 Å². The highest BCUT2D eigenvalue weighted by molar-refractivity contribution is 5.80. The zero-order valence-corrected chi connectivity index (χ0v) is 18.8. The molecule has 1 saturated heterocycles. The van der Waals surface area contributed by atoms with E-state index in [2.05, 4.69) is 36.9 Å². The minimum atomic E-state index is -0.540. The highest BCUT2D eigenvalue weighted by Crippen LogP contribution is 2.40. The van der Waals surface area contributed by atoms with Gasteiger partial charge in [-0.2, -0.15) is 0 Å². The summed E-state index contributed by atoms with van der Waals surface area (Å²) in [5.74, 6) is 1.71. The summed E-state index contributed by atoms with van der Waals surface area (Å²) in [6, 6.07) is 12.0. The van der Waals surface area contributed by atoms with E-state index in [0.29, 0.717) is 13.1 Å². The van der Waals surface area contributed by atoms with Crippen LogP contribution in [0.2, 0.25) is 0 Å². The third-order valence-corrected chi connectivity index (χ3v) is 6.59. The van der Waals surface area contributed by atoms with Gasteiger partial charge in [0.05, 0.1) is 13.7 Å². The van der Waals surface area contributed by atoms with Crippen LogP contribution < -0.4 is 10.1 Å². The van der Waals surface area contributed by atoms with Gasteiger partial charge in [-0.1, -0.05) is 12.1 Å². The number of imidazole rings is 1. The van der Waals surface area contributed by atoms with Crippen molar-refractivity contribution in [3.63, 3.8) is 0 Å². The van der Waals surface area contributed by atoms with Crippen LogP contribution in [0.15, 0.2) is 61.2 Å². The first kappa shape index (κ1) is 21.6. The highest BCUT2D eigenvalue weighted by atomic mass is 16.5. The van der Waals surface area contributed by atoms with E-state index < -0.39 is 11.7 Å². The topological polar surface area (TPSA) is 81.5 Å². The van der Waals surface area contributed by atoms with E-state index in [0.717, 1.165) is 49.6 Å². The smallest absolute Gasteiger partial charge is 0.251 e. The Balaban J connectivity index is 1.24. The Morgan fingerprint density at radius 3 is 2.61 bits per heavy atom. The molecule has 172 valence electrons. The molecule has 1 fully saturated rings. The van der Waals surface area contributed by atoms with Crippen LogP contribution in [-0.2, 0) is 34.8 Å². The molecule has 8 nitrogen and oxygen atoms in total. The predicted molar refractivity (Wildman–Crippen MR) is 122 cm³/mol. The molecule has 0 bridgehead atoms. The maximum absolute atomic E-state index is 13.0. The van der Waals surface area contributed by atoms with Crippen LogP contribution in [0.25, 0.3) is 0 Å². The number of amides is 1. The lowest BCUT2D eigenvalue weighted by molar-refractivity contribution is -0.174. The Bertz CT molecular complexity index is 1070. The van der Waals surface area contributed by atoms with Crippen molar-refractivity contribution in [2.45, 2.75) is 44.2 Å². The quantitative estimate of drug-likeness (QED) is 0.625. The second-order valence-electron chi connectivity index (χ2n) is 8.70. The van der Waals surface area contributed by atoms with Gasteiger partial charge in [0.1, 0.15) is 17.2 Å². The lowest BCUT2D eigenvalue weighted by Crippen LogP contribution is -2.53. The number of aromatic nitrogens is 3. The van der Waals surface area contributed by atoms with Crippen LogP contribution in [-0.4, -0.2) is 51.6 Å². The number of ether oxygens (including phenoxy) is 2. The summed E-state index contributed by atoms with van der Waals surface area (Å²) in [6.07, 6.45) is 8.27. The van der Waals surface area contributed by atoms with Gasteiger partial charge < -0.3 is 19.4 Å². The highest BCUT2D eigenvalue weighted by Gasteiger charge is 2.47. The van der Waals surface area contributed by atoms with Crippen molar-refractivity contribution in [2.75, 3.05) is 20.2 Å². The van der Waals surface area contributed by atoms with Crippen molar-refractivity contribution in [1.82, 2.24) is 24.8 Å². The molecule has 4 heterocycles. The molecule has 33 heavy (non-hydrogen) atoms. The Hall–Kier alpha value is -3.23. The Labute approximate surface area is 193 Å². The second-order valence-corrected chi connectivity index (χ2v) is 8.70. The van der Waals surface area contributed by atoms with Gasteiger partial charge in [0, 0.05) is 51.0 Å². The molecule has 1 N–H and O–H groups in total. The van der Waals surface area contributed by atoms with Gasteiger partial charge in [0.2, 0.25) is 0 Å². The minimum absolute atomic E-state index is 0.0915. The number of pyridine rings is 1. The molecular weight excluding hydrogens is 418 g/mol. The van der Waals surface area contributed by atoms with Gasteiger partial charge in [-0.15, -0.1) is 0 Å². The van der Waals surface area contributed by atoms with Crippen LogP contribution in [0, 0.1) is 0 Å². The number of fused-ring (bicyclic) bond motifs is 2. The molecule has 1 atom stereocenters. The third-order valence-electron chi connectivity index (χ3n) is 6.59. The number of carbonyl (C=O) groups excluding carboxylic acids is 1. The fraction of sp³-hybridized carbons (Fsp3) is 0.400. The van der Waals surface area contributed by atoms with Crippen LogP contribution in [0.3, 0.4) is 0 Å². The molecule has 0 aliphatic carbocycles. The van der Waals surface area contributed by atoms with E-state index in [-0.39, 0.29) is 5.91 Å². The summed E-state index contributed by atoms with van der Waals surface area (Å²) >= 11 is 0. The van der Waals surface area contributed by atoms with Crippen LogP contribution in [0.5, 0.6) is 5.75 Å². The number of likely N-dealkylation sites (tertiary alicyclic amines) is 1. The fourth-order valence-electron chi connectivity index (χ4n) is 4.74. The number of methoxy groups -OCH3 is 1. The fourth-order valence-corrected chi connectivity index (χ4v) is 4.74.